The number of hydrogen-bond donors (Lipinski definition) is 2. The first kappa shape index (κ1) is 23.5. The predicted molar refractivity (Wildman–Crippen MR) is 111 cm³/mol. The quantitative estimate of drug-likeness (QED) is 0.729. The number of nitrogens with zero attached hydrogens (tertiary/aromatic N) is 2. The molecule has 1 aromatic carbocycles. The van der Waals surface area contributed by atoms with Crippen molar-refractivity contribution in [3.63, 3.8) is 0 Å². The molecule has 2 aliphatic rings. The van der Waals surface area contributed by atoms with Crippen LogP contribution in [0.4, 0.5) is 9.18 Å². The molecule has 2 fully saturated rings. The Labute approximate surface area is 185 Å². The SMILES string of the molecule is CC(C)(C)OC(=O)N[C@H]1CN(C(=O)c2cccc(F)c2)CC[C@H]2CC[C@@H](C(=O)O)N2C1=O. The van der Waals surface area contributed by atoms with Crippen molar-refractivity contribution < 1.29 is 33.4 Å². The van der Waals surface area contributed by atoms with Crippen molar-refractivity contribution in [2.45, 2.75) is 63.8 Å². The fraction of sp³-hybridized carbons (Fsp3) is 0.545. The highest BCUT2D eigenvalue weighted by Gasteiger charge is 2.45. The third-order valence-corrected chi connectivity index (χ3v) is 5.53. The number of carbonyl (C=O) groups excluding carboxylic acids is 3. The van der Waals surface area contributed by atoms with Crippen molar-refractivity contribution >= 4 is 23.9 Å². The maximum Gasteiger partial charge on any atom is 0.408 e. The first-order chi connectivity index (χ1) is 15.0. The Balaban J connectivity index is 1.89. The molecule has 174 valence electrons. The predicted octanol–water partition coefficient (Wildman–Crippen LogP) is 2.01. The van der Waals surface area contributed by atoms with Gasteiger partial charge in [0.15, 0.2) is 0 Å². The molecule has 2 N–H and O–H groups in total. The van der Waals surface area contributed by atoms with Gasteiger partial charge in [-0.3, -0.25) is 9.59 Å². The summed E-state index contributed by atoms with van der Waals surface area (Å²) in [4.78, 5) is 53.2. The Morgan fingerprint density at radius 1 is 1.19 bits per heavy atom. The summed E-state index contributed by atoms with van der Waals surface area (Å²) in [6, 6.07) is 2.67. The van der Waals surface area contributed by atoms with E-state index in [0.717, 1.165) is 6.07 Å². The van der Waals surface area contributed by atoms with Crippen LogP contribution in [0.2, 0.25) is 0 Å². The molecule has 10 heteroatoms. The van der Waals surface area contributed by atoms with Crippen molar-refractivity contribution in [3.8, 4) is 0 Å². The summed E-state index contributed by atoms with van der Waals surface area (Å²) >= 11 is 0. The van der Waals surface area contributed by atoms with E-state index in [1.807, 2.05) is 0 Å². The van der Waals surface area contributed by atoms with Gasteiger partial charge in [0.2, 0.25) is 5.91 Å². The summed E-state index contributed by atoms with van der Waals surface area (Å²) in [6.45, 7) is 5.04. The molecular formula is C22H28FN3O6. The second-order valence-corrected chi connectivity index (χ2v) is 9.08. The molecule has 1 aromatic rings. The minimum Gasteiger partial charge on any atom is -0.480 e. The van der Waals surface area contributed by atoms with Crippen LogP contribution in [0.15, 0.2) is 24.3 Å². The average Bonchev–Trinajstić information content (AvgIpc) is 3.10. The number of carboxylic acid groups (broad SMARTS) is 1. The first-order valence-corrected chi connectivity index (χ1v) is 10.6. The summed E-state index contributed by atoms with van der Waals surface area (Å²) in [7, 11) is 0. The summed E-state index contributed by atoms with van der Waals surface area (Å²) in [6.07, 6.45) is 0.305. The minimum atomic E-state index is -1.20. The molecule has 9 nitrogen and oxygen atoms in total. The van der Waals surface area contributed by atoms with Crippen LogP contribution in [-0.4, -0.2) is 75.6 Å². The number of ether oxygens (including phenoxy) is 1. The zero-order valence-electron chi connectivity index (χ0n) is 18.3. The van der Waals surface area contributed by atoms with E-state index in [-0.39, 0.29) is 24.7 Å². The normalized spacial score (nSPS) is 23.8. The minimum absolute atomic E-state index is 0.126. The number of rotatable bonds is 3. The van der Waals surface area contributed by atoms with E-state index in [4.69, 9.17) is 4.74 Å². The molecule has 2 heterocycles. The topological polar surface area (TPSA) is 116 Å². The number of aliphatic carboxylic acids is 1. The Kier molecular flexibility index (Phi) is 6.71. The molecule has 2 aliphatic heterocycles. The molecule has 3 atom stereocenters. The number of halogens is 1. The molecular weight excluding hydrogens is 421 g/mol. The third kappa shape index (κ3) is 5.35. The van der Waals surface area contributed by atoms with Gasteiger partial charge in [-0.05, 0) is 58.2 Å². The molecule has 0 bridgehead atoms. The van der Waals surface area contributed by atoms with Gasteiger partial charge in [-0.25, -0.2) is 14.0 Å². The Bertz CT molecular complexity index is 915. The monoisotopic (exact) mass is 449 g/mol. The van der Waals surface area contributed by atoms with E-state index in [9.17, 15) is 28.7 Å². The Morgan fingerprint density at radius 3 is 2.53 bits per heavy atom. The van der Waals surface area contributed by atoms with Crippen molar-refractivity contribution in [2.75, 3.05) is 13.1 Å². The van der Waals surface area contributed by atoms with Gasteiger partial charge in [0, 0.05) is 18.2 Å². The van der Waals surface area contributed by atoms with Gasteiger partial charge in [0.1, 0.15) is 23.5 Å². The average molecular weight is 449 g/mol. The molecule has 32 heavy (non-hydrogen) atoms. The standard InChI is InChI=1S/C22H28FN3O6/c1-22(2,3)32-21(31)24-16-12-25(18(27)13-5-4-6-14(23)11-13)10-9-15-7-8-17(20(29)30)26(15)19(16)28/h4-6,11,15-17H,7-10,12H2,1-3H3,(H,24,31)(H,29,30)/t15-,16+,17+/m1/s1. The highest BCUT2D eigenvalue weighted by molar-refractivity contribution is 5.96. The fourth-order valence-electron chi connectivity index (χ4n) is 4.16. The first-order valence-electron chi connectivity index (χ1n) is 10.6. The lowest BCUT2D eigenvalue weighted by atomic mass is 10.1. The number of fused-ring (bicyclic) bond motifs is 1. The molecule has 3 amide bonds. The van der Waals surface area contributed by atoms with Crippen molar-refractivity contribution in [1.82, 2.24) is 15.1 Å². The summed E-state index contributed by atoms with van der Waals surface area (Å²) in [5, 5.41) is 12.1. The van der Waals surface area contributed by atoms with E-state index in [1.54, 1.807) is 20.8 Å². The lowest BCUT2D eigenvalue weighted by Gasteiger charge is -2.38. The van der Waals surface area contributed by atoms with E-state index in [1.165, 1.54) is 28.0 Å². The summed E-state index contributed by atoms with van der Waals surface area (Å²) in [5.74, 6) is -2.73. The van der Waals surface area contributed by atoms with Crippen LogP contribution >= 0.6 is 0 Å². The maximum absolute atomic E-state index is 13.6. The number of carboxylic acids is 1. The number of amides is 3. The molecule has 0 aliphatic carbocycles. The lowest BCUT2D eigenvalue weighted by Crippen LogP contribution is -2.60. The summed E-state index contributed by atoms with van der Waals surface area (Å²) < 4.78 is 18.9. The van der Waals surface area contributed by atoms with Gasteiger partial charge >= 0.3 is 12.1 Å². The van der Waals surface area contributed by atoms with Crippen molar-refractivity contribution in [3.05, 3.63) is 35.6 Å². The molecule has 2 saturated heterocycles. The highest BCUT2D eigenvalue weighted by atomic mass is 19.1. The number of benzene rings is 1. The van der Waals surface area contributed by atoms with E-state index >= 15 is 0 Å². The van der Waals surface area contributed by atoms with Gasteiger partial charge in [0.05, 0.1) is 6.54 Å². The third-order valence-electron chi connectivity index (χ3n) is 5.53. The maximum atomic E-state index is 13.6. The highest BCUT2D eigenvalue weighted by Crippen LogP contribution is 2.29. The second-order valence-electron chi connectivity index (χ2n) is 9.08. The van der Waals surface area contributed by atoms with Gasteiger partial charge in [0.25, 0.3) is 5.91 Å². The summed E-state index contributed by atoms with van der Waals surface area (Å²) in [5.41, 5.74) is -0.688. The van der Waals surface area contributed by atoms with Crippen LogP contribution in [0.25, 0.3) is 0 Å². The zero-order chi connectivity index (χ0) is 23.6. The molecule has 0 unspecified atom stereocenters. The van der Waals surface area contributed by atoms with Crippen LogP contribution in [-0.2, 0) is 14.3 Å². The zero-order valence-corrected chi connectivity index (χ0v) is 18.3. The lowest BCUT2D eigenvalue weighted by molar-refractivity contribution is -0.151. The van der Waals surface area contributed by atoms with E-state index < -0.39 is 47.4 Å². The van der Waals surface area contributed by atoms with Gasteiger partial charge in [-0.2, -0.15) is 0 Å². The van der Waals surface area contributed by atoms with Crippen LogP contribution < -0.4 is 5.32 Å². The van der Waals surface area contributed by atoms with Crippen LogP contribution in [0.1, 0.15) is 50.4 Å². The molecule has 0 radical (unpaired) electrons. The van der Waals surface area contributed by atoms with Crippen molar-refractivity contribution in [1.29, 1.82) is 0 Å². The Hall–Kier alpha value is -3.17. The van der Waals surface area contributed by atoms with Crippen LogP contribution in [0, 0.1) is 5.82 Å². The van der Waals surface area contributed by atoms with Gasteiger partial charge < -0.3 is 25.0 Å². The van der Waals surface area contributed by atoms with E-state index in [2.05, 4.69) is 5.32 Å². The van der Waals surface area contributed by atoms with E-state index in [0.29, 0.717) is 19.3 Å². The van der Waals surface area contributed by atoms with Gasteiger partial charge in [-0.15, -0.1) is 0 Å². The van der Waals surface area contributed by atoms with Gasteiger partial charge in [-0.1, -0.05) is 6.07 Å². The van der Waals surface area contributed by atoms with Crippen LogP contribution in [0.3, 0.4) is 0 Å². The molecule has 0 aromatic heterocycles. The fourth-order valence-corrected chi connectivity index (χ4v) is 4.16. The molecule has 3 rings (SSSR count). The number of alkyl carbamates (subject to hydrolysis) is 1. The number of hydrogen-bond acceptors (Lipinski definition) is 5. The molecule has 0 spiro atoms. The second kappa shape index (κ2) is 9.13. The number of nitrogens with one attached hydrogen (secondary N) is 1. The number of carbonyl (C=O) groups is 4. The van der Waals surface area contributed by atoms with Crippen LogP contribution in [0.5, 0.6) is 0 Å². The molecule has 0 saturated carbocycles. The Morgan fingerprint density at radius 2 is 1.91 bits per heavy atom. The smallest absolute Gasteiger partial charge is 0.408 e. The van der Waals surface area contributed by atoms with Crippen molar-refractivity contribution in [2.24, 2.45) is 0 Å². The largest absolute Gasteiger partial charge is 0.480 e.